The van der Waals surface area contributed by atoms with E-state index in [1.807, 2.05) is 53.4 Å². The van der Waals surface area contributed by atoms with Crippen LogP contribution >= 0.6 is 0 Å². The van der Waals surface area contributed by atoms with Crippen molar-refractivity contribution in [3.63, 3.8) is 0 Å². The van der Waals surface area contributed by atoms with Crippen LogP contribution in [0, 0.1) is 5.92 Å². The van der Waals surface area contributed by atoms with Crippen molar-refractivity contribution >= 4 is 12.0 Å². The van der Waals surface area contributed by atoms with Crippen molar-refractivity contribution in [1.29, 1.82) is 0 Å². The van der Waals surface area contributed by atoms with Gasteiger partial charge in [-0.25, -0.2) is 0 Å². The maximum atomic E-state index is 13.4. The number of rotatable bonds is 4. The van der Waals surface area contributed by atoms with Crippen LogP contribution in [0.5, 0.6) is 17.2 Å². The molecule has 1 aliphatic carbocycles. The summed E-state index contributed by atoms with van der Waals surface area (Å²) in [5, 5.41) is 11.4. The van der Waals surface area contributed by atoms with E-state index in [0.717, 1.165) is 48.3 Å². The molecule has 168 valence electrons. The average molecular weight is 436 g/mol. The summed E-state index contributed by atoms with van der Waals surface area (Å²) < 4.78 is 16.1. The molecule has 0 radical (unpaired) electrons. The molecule has 0 spiro atoms. The number of carbonyl (C=O) groups is 1. The van der Waals surface area contributed by atoms with E-state index in [2.05, 4.69) is 0 Å². The average Bonchev–Trinajstić information content (AvgIpc) is 3.29. The molecule has 1 N–H and O–H groups in total. The highest BCUT2D eigenvalue weighted by Gasteiger charge is 2.49. The molecule has 5 rings (SSSR count). The zero-order valence-corrected chi connectivity index (χ0v) is 18.3. The van der Waals surface area contributed by atoms with Gasteiger partial charge < -0.3 is 24.2 Å². The quantitative estimate of drug-likeness (QED) is 0.724. The maximum absolute atomic E-state index is 13.4. The molecule has 3 aliphatic rings. The number of carbonyl (C=O) groups excluding carboxylic acids is 1. The highest BCUT2D eigenvalue weighted by atomic mass is 16.7. The van der Waals surface area contributed by atoms with E-state index in [1.54, 1.807) is 13.2 Å². The van der Waals surface area contributed by atoms with Gasteiger partial charge in [-0.2, -0.15) is 0 Å². The maximum Gasteiger partial charge on any atom is 0.247 e. The van der Waals surface area contributed by atoms with Crippen LogP contribution in [0.25, 0.3) is 6.08 Å². The molecule has 0 aromatic heterocycles. The lowest BCUT2D eigenvalue weighted by Gasteiger charge is -2.52. The molecule has 2 heterocycles. The molecule has 2 aliphatic heterocycles. The third-order valence-corrected chi connectivity index (χ3v) is 7.12. The molecule has 3 atom stereocenters. The number of hydrogen-bond donors (Lipinski definition) is 1. The fourth-order valence-electron chi connectivity index (χ4n) is 5.42. The predicted molar refractivity (Wildman–Crippen MR) is 121 cm³/mol. The summed E-state index contributed by atoms with van der Waals surface area (Å²) >= 11 is 0. The van der Waals surface area contributed by atoms with Crippen LogP contribution in [0.1, 0.15) is 49.3 Å². The molecular formula is C26H29NO5. The van der Waals surface area contributed by atoms with E-state index in [1.165, 1.54) is 0 Å². The number of piperidine rings is 1. The van der Waals surface area contributed by atoms with Crippen LogP contribution in [0.4, 0.5) is 0 Å². The number of fused-ring (bicyclic) bond motifs is 2. The van der Waals surface area contributed by atoms with Crippen molar-refractivity contribution in [2.75, 3.05) is 20.4 Å². The standard InChI is InChI=1S/C26H29NO5/c1-30-20-9-7-19(8-10-20)25-21-4-2-3-13-26(21,29)14-15-27(25)24(28)12-6-18-5-11-22-23(16-18)32-17-31-22/h5-12,16,21,25,29H,2-4,13-15,17H2,1H3/t21-,25-,26-/m0/s1. The van der Waals surface area contributed by atoms with E-state index in [9.17, 15) is 9.90 Å². The van der Waals surface area contributed by atoms with Crippen molar-refractivity contribution in [3.8, 4) is 17.2 Å². The van der Waals surface area contributed by atoms with Crippen molar-refractivity contribution in [3.05, 3.63) is 59.7 Å². The smallest absolute Gasteiger partial charge is 0.247 e. The van der Waals surface area contributed by atoms with Gasteiger partial charge in [-0.1, -0.05) is 31.0 Å². The SMILES string of the molecule is COc1ccc([C@H]2[C@@H]3CCCC[C@]3(O)CCN2C(=O)C=Cc2ccc3c(c2)OCO3)cc1. The van der Waals surface area contributed by atoms with Gasteiger partial charge in [0.2, 0.25) is 12.7 Å². The number of methoxy groups -OCH3 is 1. The number of amides is 1. The number of nitrogens with zero attached hydrogens (tertiary/aromatic N) is 1. The Labute approximate surface area is 188 Å². The molecule has 2 aromatic rings. The molecule has 32 heavy (non-hydrogen) atoms. The van der Waals surface area contributed by atoms with Gasteiger partial charge in [-0.05, 0) is 60.7 Å². The van der Waals surface area contributed by atoms with Crippen LogP contribution in [0.15, 0.2) is 48.5 Å². The predicted octanol–water partition coefficient (Wildman–Crippen LogP) is 4.33. The Hall–Kier alpha value is -2.99. The van der Waals surface area contributed by atoms with Gasteiger partial charge in [0.15, 0.2) is 11.5 Å². The monoisotopic (exact) mass is 435 g/mol. The first-order valence-corrected chi connectivity index (χ1v) is 11.3. The van der Waals surface area contributed by atoms with Gasteiger partial charge in [0.25, 0.3) is 0 Å². The summed E-state index contributed by atoms with van der Waals surface area (Å²) in [7, 11) is 1.65. The van der Waals surface area contributed by atoms with E-state index >= 15 is 0 Å². The summed E-state index contributed by atoms with van der Waals surface area (Å²) in [4.78, 5) is 15.3. The number of hydrogen-bond acceptors (Lipinski definition) is 5. The summed E-state index contributed by atoms with van der Waals surface area (Å²) in [6, 6.07) is 13.4. The Morgan fingerprint density at radius 3 is 2.75 bits per heavy atom. The molecule has 0 unspecified atom stereocenters. The molecule has 2 aromatic carbocycles. The molecule has 2 fully saturated rings. The Morgan fingerprint density at radius 1 is 1.12 bits per heavy atom. The molecule has 6 nitrogen and oxygen atoms in total. The van der Waals surface area contributed by atoms with E-state index in [-0.39, 0.29) is 24.7 Å². The lowest BCUT2D eigenvalue weighted by atomic mass is 9.66. The number of ether oxygens (including phenoxy) is 3. The minimum absolute atomic E-state index is 0.0290. The first kappa shape index (κ1) is 20.9. The third kappa shape index (κ3) is 3.84. The fourth-order valence-corrected chi connectivity index (χ4v) is 5.42. The zero-order valence-electron chi connectivity index (χ0n) is 18.3. The van der Waals surface area contributed by atoms with Gasteiger partial charge in [0, 0.05) is 18.5 Å². The van der Waals surface area contributed by atoms with Gasteiger partial charge in [0.1, 0.15) is 5.75 Å². The summed E-state index contributed by atoms with van der Waals surface area (Å²) in [5.74, 6) is 2.18. The normalized spacial score (nSPS) is 26.8. The van der Waals surface area contributed by atoms with E-state index < -0.39 is 5.60 Å². The van der Waals surface area contributed by atoms with Crippen LogP contribution in [-0.2, 0) is 4.79 Å². The van der Waals surface area contributed by atoms with Crippen LogP contribution in [0.3, 0.4) is 0 Å². The first-order valence-electron chi connectivity index (χ1n) is 11.3. The van der Waals surface area contributed by atoms with Crippen LogP contribution in [0.2, 0.25) is 0 Å². The number of benzene rings is 2. The highest BCUT2D eigenvalue weighted by Crippen LogP contribution is 2.49. The number of likely N-dealkylation sites (tertiary alicyclic amines) is 1. The first-order chi connectivity index (χ1) is 15.6. The molecule has 6 heteroatoms. The minimum Gasteiger partial charge on any atom is -0.497 e. The van der Waals surface area contributed by atoms with E-state index in [0.29, 0.717) is 18.7 Å². The third-order valence-electron chi connectivity index (χ3n) is 7.12. The molecular weight excluding hydrogens is 406 g/mol. The van der Waals surface area contributed by atoms with E-state index in [4.69, 9.17) is 14.2 Å². The van der Waals surface area contributed by atoms with Crippen molar-refractivity contribution in [2.45, 2.75) is 43.7 Å². The van der Waals surface area contributed by atoms with Crippen molar-refractivity contribution in [1.82, 2.24) is 4.90 Å². The Morgan fingerprint density at radius 2 is 1.94 bits per heavy atom. The number of aliphatic hydroxyl groups is 1. The van der Waals surface area contributed by atoms with Crippen molar-refractivity contribution in [2.24, 2.45) is 5.92 Å². The topological polar surface area (TPSA) is 68.2 Å². The molecule has 1 saturated heterocycles. The van der Waals surface area contributed by atoms with Crippen molar-refractivity contribution < 1.29 is 24.1 Å². The largest absolute Gasteiger partial charge is 0.497 e. The Bertz CT molecular complexity index is 1020. The lowest BCUT2D eigenvalue weighted by molar-refractivity contribution is -0.150. The fraction of sp³-hybridized carbons (Fsp3) is 0.423. The van der Waals surface area contributed by atoms with Crippen LogP contribution < -0.4 is 14.2 Å². The zero-order chi connectivity index (χ0) is 22.1. The summed E-state index contributed by atoms with van der Waals surface area (Å²) in [6.07, 6.45) is 7.91. The van der Waals surface area contributed by atoms with Gasteiger partial charge in [0.05, 0.1) is 18.8 Å². The second kappa shape index (κ2) is 8.51. The highest BCUT2D eigenvalue weighted by molar-refractivity contribution is 5.92. The minimum atomic E-state index is -0.708. The lowest BCUT2D eigenvalue weighted by Crippen LogP contribution is -2.56. The summed E-state index contributed by atoms with van der Waals surface area (Å²) in [5.41, 5.74) is 1.22. The second-order valence-electron chi connectivity index (χ2n) is 8.90. The van der Waals surface area contributed by atoms with Gasteiger partial charge in [-0.15, -0.1) is 0 Å². The Balaban J connectivity index is 1.43. The summed E-state index contributed by atoms with van der Waals surface area (Å²) in [6.45, 7) is 0.761. The van der Waals surface area contributed by atoms with Gasteiger partial charge in [-0.3, -0.25) is 4.79 Å². The molecule has 0 bridgehead atoms. The second-order valence-corrected chi connectivity index (χ2v) is 8.90. The Kier molecular flexibility index (Phi) is 5.55. The van der Waals surface area contributed by atoms with Crippen LogP contribution in [-0.4, -0.2) is 42.0 Å². The molecule has 1 saturated carbocycles. The molecule has 1 amide bonds. The van der Waals surface area contributed by atoms with Gasteiger partial charge >= 0.3 is 0 Å².